The van der Waals surface area contributed by atoms with Gasteiger partial charge in [-0.3, -0.25) is 0 Å². The van der Waals surface area contributed by atoms with Gasteiger partial charge in [0.05, 0.1) is 5.69 Å². The van der Waals surface area contributed by atoms with E-state index in [1.165, 1.54) is 95.0 Å². The highest BCUT2D eigenvalue weighted by atomic mass is 15.2. The third-order valence-corrected chi connectivity index (χ3v) is 12.9. The second-order valence-corrected chi connectivity index (χ2v) is 16.8. The van der Waals surface area contributed by atoms with Gasteiger partial charge in [-0.15, -0.1) is 0 Å². The highest BCUT2D eigenvalue weighted by Gasteiger charge is 2.45. The zero-order valence-corrected chi connectivity index (χ0v) is 35.5. The molecule has 62 heavy (non-hydrogen) atoms. The maximum absolute atomic E-state index is 2.56. The number of benzene rings is 9. The SMILES string of the molecule is Cc1ccccc1N1c2cc(N(c3cccc(-c4ccccc4)c3)c3cccc(-c4ccccc4)c3)cc3c2B(c2cccc(C)c21)c1cccc(C)c1N3c1ccccc1C. The van der Waals surface area contributed by atoms with Crippen LogP contribution >= 0.6 is 0 Å². The predicted octanol–water partition coefficient (Wildman–Crippen LogP) is 13.8. The van der Waals surface area contributed by atoms with Crippen molar-refractivity contribution in [3.63, 3.8) is 0 Å². The molecule has 0 radical (unpaired) electrons. The molecule has 9 aromatic carbocycles. The molecule has 0 saturated heterocycles. The van der Waals surface area contributed by atoms with E-state index in [9.17, 15) is 0 Å². The van der Waals surface area contributed by atoms with Crippen molar-refractivity contribution in [1.29, 1.82) is 0 Å². The molecule has 4 heteroatoms. The van der Waals surface area contributed by atoms with Gasteiger partial charge in [0.25, 0.3) is 6.71 Å². The molecule has 0 aromatic heterocycles. The fraction of sp³-hybridized carbons (Fsp3) is 0.0690. The Balaban J connectivity index is 1.27. The molecule has 0 saturated carbocycles. The molecule has 2 aliphatic rings. The van der Waals surface area contributed by atoms with Crippen molar-refractivity contribution >= 4 is 74.3 Å². The van der Waals surface area contributed by atoms with Crippen LogP contribution in [0.4, 0.5) is 51.2 Å². The molecule has 2 heterocycles. The van der Waals surface area contributed by atoms with E-state index in [-0.39, 0.29) is 6.71 Å². The lowest BCUT2D eigenvalue weighted by atomic mass is 9.33. The lowest BCUT2D eigenvalue weighted by Crippen LogP contribution is -2.61. The molecule has 0 unspecified atom stereocenters. The summed E-state index contributed by atoms with van der Waals surface area (Å²) in [5, 5.41) is 0. The Morgan fingerprint density at radius 1 is 0.323 bits per heavy atom. The van der Waals surface area contributed by atoms with Crippen molar-refractivity contribution < 1.29 is 0 Å². The summed E-state index contributed by atoms with van der Waals surface area (Å²) in [4.78, 5) is 7.60. The zero-order chi connectivity index (χ0) is 41.9. The van der Waals surface area contributed by atoms with Crippen molar-refractivity contribution in [2.45, 2.75) is 27.7 Å². The first-order chi connectivity index (χ1) is 30.4. The smallest absolute Gasteiger partial charge is 0.252 e. The van der Waals surface area contributed by atoms with E-state index >= 15 is 0 Å². The quantitative estimate of drug-likeness (QED) is 0.149. The van der Waals surface area contributed by atoms with Crippen LogP contribution in [0.25, 0.3) is 22.3 Å². The molecule has 0 aliphatic carbocycles. The van der Waals surface area contributed by atoms with Crippen LogP contribution in [0.1, 0.15) is 22.3 Å². The van der Waals surface area contributed by atoms with E-state index in [4.69, 9.17) is 0 Å². The zero-order valence-electron chi connectivity index (χ0n) is 35.5. The molecule has 0 N–H and O–H groups in total. The summed E-state index contributed by atoms with van der Waals surface area (Å²) >= 11 is 0. The Bertz CT molecular complexity index is 2950. The summed E-state index contributed by atoms with van der Waals surface area (Å²) in [6.45, 7) is 9.05. The van der Waals surface area contributed by atoms with Crippen LogP contribution in [0.3, 0.4) is 0 Å². The molecule has 2 aliphatic heterocycles. The minimum absolute atomic E-state index is 0.0238. The molecule has 0 atom stereocenters. The number of fused-ring (bicyclic) bond motifs is 4. The van der Waals surface area contributed by atoms with E-state index in [2.05, 4.69) is 249 Å². The standard InChI is InChI=1S/C58H46BN3/c1-39-19-11-13-33-52(39)61-54-37-49(60(47-29-17-27-45(35-47)43-23-7-5-8-24-43)48-30-18-28-46(36-48)44-25-9-6-10-26-44)38-55-56(54)59(50-31-15-21-41(3)57(50)61)51-32-16-22-42(4)58(51)62(55)53-34-14-12-20-40(53)2/h5-38H,1-4H3. The van der Waals surface area contributed by atoms with Crippen molar-refractivity contribution in [3.8, 4) is 22.3 Å². The van der Waals surface area contributed by atoms with E-state index < -0.39 is 0 Å². The van der Waals surface area contributed by atoms with Crippen LogP contribution in [0.2, 0.25) is 0 Å². The Labute approximate surface area is 365 Å². The van der Waals surface area contributed by atoms with Crippen LogP contribution < -0.4 is 31.1 Å². The van der Waals surface area contributed by atoms with Crippen molar-refractivity contribution in [2.75, 3.05) is 14.7 Å². The normalized spacial score (nSPS) is 12.4. The summed E-state index contributed by atoms with van der Waals surface area (Å²) in [6.07, 6.45) is 0. The number of hydrogen-bond donors (Lipinski definition) is 0. The van der Waals surface area contributed by atoms with E-state index in [0.29, 0.717) is 0 Å². The van der Waals surface area contributed by atoms with E-state index in [1.807, 2.05) is 0 Å². The Kier molecular flexibility index (Phi) is 9.16. The Morgan fingerprint density at radius 3 is 1.16 bits per heavy atom. The van der Waals surface area contributed by atoms with Gasteiger partial charge in [-0.05, 0) is 137 Å². The minimum Gasteiger partial charge on any atom is -0.311 e. The van der Waals surface area contributed by atoms with Gasteiger partial charge >= 0.3 is 0 Å². The van der Waals surface area contributed by atoms with Crippen molar-refractivity contribution in [1.82, 2.24) is 0 Å². The number of hydrogen-bond acceptors (Lipinski definition) is 3. The first-order valence-electron chi connectivity index (χ1n) is 21.6. The van der Waals surface area contributed by atoms with Crippen molar-refractivity contribution in [3.05, 3.63) is 229 Å². The molecule has 9 aromatic rings. The molecule has 11 rings (SSSR count). The summed E-state index contributed by atoms with van der Waals surface area (Å²) in [5.41, 5.74) is 24.1. The number of nitrogens with zero attached hydrogens (tertiary/aromatic N) is 3. The molecule has 0 amide bonds. The molecule has 3 nitrogen and oxygen atoms in total. The molecular weight excluding hydrogens is 749 g/mol. The van der Waals surface area contributed by atoms with E-state index in [0.717, 1.165) is 17.1 Å². The highest BCUT2D eigenvalue weighted by molar-refractivity contribution is 7.00. The van der Waals surface area contributed by atoms with Crippen LogP contribution in [-0.2, 0) is 0 Å². The van der Waals surface area contributed by atoms with Gasteiger partial charge in [-0.25, -0.2) is 0 Å². The maximum atomic E-state index is 2.56. The van der Waals surface area contributed by atoms with Crippen molar-refractivity contribution in [2.24, 2.45) is 0 Å². The monoisotopic (exact) mass is 795 g/mol. The molecule has 0 bridgehead atoms. The Hall–Kier alpha value is -7.56. The lowest BCUT2D eigenvalue weighted by Gasteiger charge is -2.46. The number of aryl methyl sites for hydroxylation is 4. The second kappa shape index (κ2) is 15.2. The van der Waals surface area contributed by atoms with Gasteiger partial charge in [0.1, 0.15) is 0 Å². The summed E-state index contributed by atoms with van der Waals surface area (Å²) in [6, 6.07) is 75.9. The average Bonchev–Trinajstić information content (AvgIpc) is 3.31. The molecular formula is C58H46BN3. The fourth-order valence-corrected chi connectivity index (χ4v) is 10.0. The van der Waals surface area contributed by atoms with Crippen LogP contribution in [0.15, 0.2) is 206 Å². The van der Waals surface area contributed by atoms with Crippen LogP contribution in [-0.4, -0.2) is 6.71 Å². The number of para-hydroxylation sites is 4. The van der Waals surface area contributed by atoms with E-state index in [1.54, 1.807) is 0 Å². The number of rotatable bonds is 7. The van der Waals surface area contributed by atoms with Crippen LogP contribution in [0, 0.1) is 27.7 Å². The average molecular weight is 796 g/mol. The first-order valence-corrected chi connectivity index (χ1v) is 21.6. The van der Waals surface area contributed by atoms with Gasteiger partial charge in [-0.2, -0.15) is 0 Å². The molecule has 0 fully saturated rings. The minimum atomic E-state index is 0.0238. The lowest BCUT2D eigenvalue weighted by molar-refractivity contribution is 1.19. The van der Waals surface area contributed by atoms with Gasteiger partial charge in [0.15, 0.2) is 0 Å². The Morgan fingerprint density at radius 2 is 0.710 bits per heavy atom. The maximum Gasteiger partial charge on any atom is 0.252 e. The second-order valence-electron chi connectivity index (χ2n) is 16.8. The summed E-state index contributed by atoms with van der Waals surface area (Å²) in [5.74, 6) is 0. The summed E-state index contributed by atoms with van der Waals surface area (Å²) < 4.78 is 0. The van der Waals surface area contributed by atoms with Gasteiger partial charge < -0.3 is 14.7 Å². The van der Waals surface area contributed by atoms with Gasteiger partial charge in [0.2, 0.25) is 0 Å². The highest BCUT2D eigenvalue weighted by Crippen LogP contribution is 2.50. The third kappa shape index (κ3) is 6.13. The predicted molar refractivity (Wildman–Crippen MR) is 265 cm³/mol. The van der Waals surface area contributed by atoms with Gasteiger partial charge in [0, 0.05) is 45.5 Å². The third-order valence-electron chi connectivity index (χ3n) is 12.9. The molecule has 296 valence electrons. The largest absolute Gasteiger partial charge is 0.311 e. The first kappa shape index (κ1) is 37.4. The topological polar surface area (TPSA) is 9.72 Å². The van der Waals surface area contributed by atoms with Gasteiger partial charge in [-0.1, -0.05) is 158 Å². The number of anilines is 9. The van der Waals surface area contributed by atoms with Crippen LogP contribution in [0.5, 0.6) is 0 Å². The molecule has 0 spiro atoms. The fourth-order valence-electron chi connectivity index (χ4n) is 10.0. The summed E-state index contributed by atoms with van der Waals surface area (Å²) in [7, 11) is 0.